The van der Waals surface area contributed by atoms with E-state index in [1.54, 1.807) is 19.1 Å². The van der Waals surface area contributed by atoms with Gasteiger partial charge in [0.1, 0.15) is 16.8 Å². The van der Waals surface area contributed by atoms with E-state index in [0.29, 0.717) is 17.8 Å². The van der Waals surface area contributed by atoms with Gasteiger partial charge in [0, 0.05) is 7.05 Å². The van der Waals surface area contributed by atoms with Gasteiger partial charge in [-0.25, -0.2) is 14.1 Å². The van der Waals surface area contributed by atoms with Crippen LogP contribution in [0.3, 0.4) is 0 Å². The molecule has 0 spiro atoms. The first kappa shape index (κ1) is 19.1. The quantitative estimate of drug-likeness (QED) is 0.542. The second-order valence-corrected chi connectivity index (χ2v) is 7.15. The standard InChI is InChI=1S/C21H19ClFN5O/c1-13-19(20(22)28(26-13)12-14-7-9-15(23)10-8-14)21(29)24-11-18-25-16-5-3-4-6-17(16)27(18)2/h3-10H,11-12H2,1-2H3,(H,24,29). The van der Waals surface area contributed by atoms with Crippen LogP contribution in [0.2, 0.25) is 5.15 Å². The van der Waals surface area contributed by atoms with Crippen molar-refractivity contribution in [2.45, 2.75) is 20.0 Å². The van der Waals surface area contributed by atoms with E-state index in [9.17, 15) is 9.18 Å². The third-order valence-corrected chi connectivity index (χ3v) is 5.21. The monoisotopic (exact) mass is 411 g/mol. The molecule has 0 bridgehead atoms. The predicted octanol–water partition coefficient (Wildman–Crippen LogP) is 3.85. The number of benzene rings is 2. The number of carbonyl (C=O) groups excluding carboxylic acids is 1. The molecule has 148 valence electrons. The maximum atomic E-state index is 13.1. The number of imidazole rings is 1. The first-order valence-electron chi connectivity index (χ1n) is 9.10. The van der Waals surface area contributed by atoms with Crippen LogP contribution >= 0.6 is 11.6 Å². The number of aromatic nitrogens is 4. The molecule has 1 amide bonds. The van der Waals surface area contributed by atoms with E-state index in [-0.39, 0.29) is 23.4 Å². The lowest BCUT2D eigenvalue weighted by molar-refractivity contribution is 0.0949. The summed E-state index contributed by atoms with van der Waals surface area (Å²) >= 11 is 6.43. The number of para-hydroxylation sites is 2. The maximum absolute atomic E-state index is 13.1. The minimum Gasteiger partial charge on any atom is -0.345 e. The molecule has 1 N–H and O–H groups in total. The topological polar surface area (TPSA) is 64.7 Å². The van der Waals surface area contributed by atoms with Crippen molar-refractivity contribution in [1.82, 2.24) is 24.6 Å². The smallest absolute Gasteiger partial charge is 0.256 e. The van der Waals surface area contributed by atoms with Crippen LogP contribution < -0.4 is 5.32 Å². The van der Waals surface area contributed by atoms with E-state index in [1.165, 1.54) is 16.8 Å². The Morgan fingerprint density at radius 1 is 1.17 bits per heavy atom. The highest BCUT2D eigenvalue weighted by atomic mass is 35.5. The molecule has 0 saturated carbocycles. The largest absolute Gasteiger partial charge is 0.345 e. The Morgan fingerprint density at radius 3 is 2.62 bits per heavy atom. The van der Waals surface area contributed by atoms with Crippen molar-refractivity contribution in [3.05, 3.63) is 82.1 Å². The number of carbonyl (C=O) groups is 1. The number of hydrogen-bond acceptors (Lipinski definition) is 3. The van der Waals surface area contributed by atoms with Gasteiger partial charge in [0.15, 0.2) is 0 Å². The minimum atomic E-state index is -0.315. The van der Waals surface area contributed by atoms with Crippen LogP contribution in [0.5, 0.6) is 0 Å². The fourth-order valence-corrected chi connectivity index (χ4v) is 3.60. The molecule has 4 aromatic rings. The minimum absolute atomic E-state index is 0.245. The zero-order chi connectivity index (χ0) is 20.5. The summed E-state index contributed by atoms with van der Waals surface area (Å²) in [7, 11) is 1.91. The zero-order valence-electron chi connectivity index (χ0n) is 16.0. The summed E-state index contributed by atoms with van der Waals surface area (Å²) in [6.45, 7) is 2.35. The molecule has 29 heavy (non-hydrogen) atoms. The Balaban J connectivity index is 1.51. The van der Waals surface area contributed by atoms with Crippen LogP contribution in [0.25, 0.3) is 11.0 Å². The molecule has 0 fully saturated rings. The predicted molar refractivity (Wildman–Crippen MR) is 109 cm³/mol. The van der Waals surface area contributed by atoms with Crippen molar-refractivity contribution in [2.75, 3.05) is 0 Å². The Kier molecular flexibility index (Phi) is 5.07. The maximum Gasteiger partial charge on any atom is 0.256 e. The van der Waals surface area contributed by atoms with E-state index < -0.39 is 0 Å². The molecule has 0 aliphatic rings. The third kappa shape index (κ3) is 3.73. The van der Waals surface area contributed by atoms with Gasteiger partial charge in [0.05, 0.1) is 35.4 Å². The van der Waals surface area contributed by atoms with Gasteiger partial charge < -0.3 is 9.88 Å². The van der Waals surface area contributed by atoms with Crippen molar-refractivity contribution in [3.63, 3.8) is 0 Å². The summed E-state index contributed by atoms with van der Waals surface area (Å²) < 4.78 is 16.6. The number of nitrogens with zero attached hydrogens (tertiary/aromatic N) is 4. The molecule has 2 aromatic carbocycles. The highest BCUT2D eigenvalue weighted by Crippen LogP contribution is 2.21. The summed E-state index contributed by atoms with van der Waals surface area (Å²) in [6.07, 6.45) is 0. The molecule has 0 unspecified atom stereocenters. The van der Waals surface area contributed by atoms with Crippen LogP contribution in [-0.2, 0) is 20.1 Å². The SMILES string of the molecule is Cc1nn(Cc2ccc(F)cc2)c(Cl)c1C(=O)NCc1nc2ccccc2n1C. The van der Waals surface area contributed by atoms with Crippen molar-refractivity contribution >= 4 is 28.5 Å². The van der Waals surface area contributed by atoms with Crippen molar-refractivity contribution < 1.29 is 9.18 Å². The zero-order valence-corrected chi connectivity index (χ0v) is 16.7. The number of aryl methyl sites for hydroxylation is 2. The van der Waals surface area contributed by atoms with E-state index in [1.807, 2.05) is 35.9 Å². The number of hydrogen-bond donors (Lipinski definition) is 1. The molecule has 2 heterocycles. The normalized spacial score (nSPS) is 11.2. The lowest BCUT2D eigenvalue weighted by Gasteiger charge is -2.06. The van der Waals surface area contributed by atoms with Gasteiger partial charge in [0.25, 0.3) is 5.91 Å². The average molecular weight is 412 g/mol. The van der Waals surface area contributed by atoms with Crippen LogP contribution in [-0.4, -0.2) is 25.2 Å². The van der Waals surface area contributed by atoms with Gasteiger partial charge in [-0.05, 0) is 36.8 Å². The van der Waals surface area contributed by atoms with Crippen LogP contribution in [0.1, 0.15) is 27.4 Å². The Bertz CT molecular complexity index is 1200. The first-order valence-corrected chi connectivity index (χ1v) is 9.47. The molecular formula is C21H19ClFN5O. The summed E-state index contributed by atoms with van der Waals surface area (Å²) in [6, 6.07) is 13.9. The molecule has 0 aliphatic heterocycles. The molecule has 6 nitrogen and oxygen atoms in total. The highest BCUT2D eigenvalue weighted by Gasteiger charge is 2.21. The van der Waals surface area contributed by atoms with Gasteiger partial charge in [0.2, 0.25) is 0 Å². The molecule has 4 rings (SSSR count). The number of amides is 1. The summed E-state index contributed by atoms with van der Waals surface area (Å²) in [5.74, 6) is 0.121. The van der Waals surface area contributed by atoms with Gasteiger partial charge in [-0.2, -0.15) is 5.10 Å². The molecule has 8 heteroatoms. The molecule has 0 aliphatic carbocycles. The first-order chi connectivity index (χ1) is 13.9. The van der Waals surface area contributed by atoms with Crippen molar-refractivity contribution in [2.24, 2.45) is 7.05 Å². The van der Waals surface area contributed by atoms with Gasteiger partial charge in [-0.3, -0.25) is 4.79 Å². The lowest BCUT2D eigenvalue weighted by atomic mass is 10.2. The van der Waals surface area contributed by atoms with Gasteiger partial charge in [-0.1, -0.05) is 35.9 Å². The van der Waals surface area contributed by atoms with Crippen LogP contribution in [0.15, 0.2) is 48.5 Å². The summed E-state index contributed by atoms with van der Waals surface area (Å²) in [4.78, 5) is 17.3. The molecule has 0 radical (unpaired) electrons. The molecule has 0 saturated heterocycles. The molecular weight excluding hydrogens is 393 g/mol. The van der Waals surface area contributed by atoms with E-state index in [0.717, 1.165) is 22.4 Å². The average Bonchev–Trinajstić information content (AvgIpc) is 3.18. The third-order valence-electron chi connectivity index (χ3n) is 4.82. The highest BCUT2D eigenvalue weighted by molar-refractivity contribution is 6.33. The second kappa shape index (κ2) is 7.67. The van der Waals surface area contributed by atoms with E-state index in [2.05, 4.69) is 15.4 Å². The number of rotatable bonds is 5. The lowest BCUT2D eigenvalue weighted by Crippen LogP contribution is -2.25. The number of nitrogens with one attached hydrogen (secondary N) is 1. The van der Waals surface area contributed by atoms with Gasteiger partial charge in [-0.15, -0.1) is 0 Å². The fraction of sp³-hybridized carbons (Fsp3) is 0.190. The number of halogens is 2. The molecule has 2 aromatic heterocycles. The Morgan fingerprint density at radius 2 is 1.90 bits per heavy atom. The fourth-order valence-electron chi connectivity index (χ4n) is 3.28. The van der Waals surface area contributed by atoms with E-state index in [4.69, 9.17) is 11.6 Å². The van der Waals surface area contributed by atoms with E-state index >= 15 is 0 Å². The summed E-state index contributed by atoms with van der Waals surface area (Å²) in [5, 5.41) is 7.48. The summed E-state index contributed by atoms with van der Waals surface area (Å²) in [5.41, 5.74) is 3.56. The van der Waals surface area contributed by atoms with Crippen LogP contribution in [0.4, 0.5) is 4.39 Å². The van der Waals surface area contributed by atoms with Crippen molar-refractivity contribution in [1.29, 1.82) is 0 Å². The van der Waals surface area contributed by atoms with Crippen molar-refractivity contribution in [3.8, 4) is 0 Å². The van der Waals surface area contributed by atoms with Gasteiger partial charge >= 0.3 is 0 Å². The Labute approximate surface area is 171 Å². The Hall–Kier alpha value is -3.19. The number of fused-ring (bicyclic) bond motifs is 1. The van der Waals surface area contributed by atoms with Crippen LogP contribution in [0, 0.1) is 12.7 Å². The molecule has 0 atom stereocenters. The second-order valence-electron chi connectivity index (χ2n) is 6.79.